The minimum atomic E-state index is -0.00889. The van der Waals surface area contributed by atoms with E-state index in [0.717, 1.165) is 63.2 Å². The second kappa shape index (κ2) is 9.37. The Bertz CT molecular complexity index is 801. The molecule has 1 amide bonds. The highest BCUT2D eigenvalue weighted by atomic mass is 16.5. The largest absolute Gasteiger partial charge is 0.497 e. The van der Waals surface area contributed by atoms with Crippen LogP contribution in [0.15, 0.2) is 28.8 Å². The maximum atomic E-state index is 12.2. The maximum Gasteiger partial charge on any atom is 0.257 e. The first-order chi connectivity index (χ1) is 14.2. The van der Waals surface area contributed by atoms with Crippen LogP contribution in [0.2, 0.25) is 0 Å². The molecule has 0 spiro atoms. The van der Waals surface area contributed by atoms with Gasteiger partial charge in [0.1, 0.15) is 5.75 Å². The van der Waals surface area contributed by atoms with E-state index in [1.807, 2.05) is 24.3 Å². The number of piperidine rings is 1. The van der Waals surface area contributed by atoms with Gasteiger partial charge in [0.05, 0.1) is 19.7 Å². The van der Waals surface area contributed by atoms with E-state index < -0.39 is 0 Å². The van der Waals surface area contributed by atoms with Gasteiger partial charge in [-0.3, -0.25) is 9.69 Å². The van der Waals surface area contributed by atoms with Crippen molar-refractivity contribution >= 4 is 5.91 Å². The molecular weight excluding hydrogens is 370 g/mol. The molecule has 2 aliphatic heterocycles. The first kappa shape index (κ1) is 19.8. The molecule has 2 aliphatic rings. The summed E-state index contributed by atoms with van der Waals surface area (Å²) < 4.78 is 10.6. The standard InChI is InChI=1S/C21H29N5O3/c1-28-17-8-6-16(7-9-17)21-24-19(25-29-21)14-26-11-3-4-15(13-26)12-23-20(27)18-5-2-10-22-18/h6-9,15,18,22H,2-5,10-14H2,1H3,(H,23,27). The first-order valence-electron chi connectivity index (χ1n) is 10.4. The average Bonchev–Trinajstić information content (AvgIpc) is 3.45. The third-order valence-corrected chi connectivity index (χ3v) is 5.71. The smallest absolute Gasteiger partial charge is 0.257 e. The van der Waals surface area contributed by atoms with Gasteiger partial charge in [-0.1, -0.05) is 5.16 Å². The fourth-order valence-electron chi connectivity index (χ4n) is 4.11. The highest BCUT2D eigenvalue weighted by Crippen LogP contribution is 2.22. The molecule has 2 N–H and O–H groups in total. The van der Waals surface area contributed by atoms with Crippen LogP contribution in [0.3, 0.4) is 0 Å². The van der Waals surface area contributed by atoms with E-state index in [1.54, 1.807) is 7.11 Å². The average molecular weight is 399 g/mol. The zero-order valence-electron chi connectivity index (χ0n) is 16.9. The Hall–Kier alpha value is -2.45. The lowest BCUT2D eigenvalue weighted by atomic mass is 9.98. The second-order valence-electron chi connectivity index (χ2n) is 7.88. The van der Waals surface area contributed by atoms with E-state index in [1.165, 1.54) is 0 Å². The lowest BCUT2D eigenvalue weighted by molar-refractivity contribution is -0.123. The molecule has 0 aliphatic carbocycles. The van der Waals surface area contributed by atoms with Gasteiger partial charge >= 0.3 is 0 Å². The molecule has 4 rings (SSSR count). The van der Waals surface area contributed by atoms with Crippen LogP contribution in [-0.4, -0.2) is 60.3 Å². The van der Waals surface area contributed by atoms with Crippen LogP contribution >= 0.6 is 0 Å². The number of aromatic nitrogens is 2. The summed E-state index contributed by atoms with van der Waals surface area (Å²) in [5, 5.41) is 10.5. The molecule has 2 aromatic rings. The van der Waals surface area contributed by atoms with Gasteiger partial charge in [0, 0.05) is 18.7 Å². The molecule has 2 atom stereocenters. The summed E-state index contributed by atoms with van der Waals surface area (Å²) >= 11 is 0. The lowest BCUT2D eigenvalue weighted by Crippen LogP contribution is -2.45. The second-order valence-corrected chi connectivity index (χ2v) is 7.88. The Morgan fingerprint density at radius 1 is 1.31 bits per heavy atom. The molecule has 1 aromatic carbocycles. The maximum absolute atomic E-state index is 12.2. The van der Waals surface area contributed by atoms with Gasteiger partial charge in [-0.25, -0.2) is 0 Å². The van der Waals surface area contributed by atoms with Crippen molar-refractivity contribution in [3.05, 3.63) is 30.1 Å². The van der Waals surface area contributed by atoms with Gasteiger partial charge in [0.25, 0.3) is 5.89 Å². The van der Waals surface area contributed by atoms with Crippen LogP contribution in [0, 0.1) is 5.92 Å². The van der Waals surface area contributed by atoms with Crippen molar-refractivity contribution in [2.75, 3.05) is 33.3 Å². The number of benzene rings is 1. The number of rotatable bonds is 7. The molecule has 156 valence electrons. The Morgan fingerprint density at radius 3 is 2.93 bits per heavy atom. The summed E-state index contributed by atoms with van der Waals surface area (Å²) in [6.45, 7) is 4.29. The Kier molecular flexibility index (Phi) is 6.41. The number of nitrogens with zero attached hydrogens (tertiary/aromatic N) is 3. The van der Waals surface area contributed by atoms with Gasteiger partial charge in [-0.2, -0.15) is 4.98 Å². The van der Waals surface area contributed by atoms with Gasteiger partial charge in [0.15, 0.2) is 5.82 Å². The van der Waals surface area contributed by atoms with Crippen molar-refractivity contribution in [3.63, 3.8) is 0 Å². The van der Waals surface area contributed by atoms with Crippen molar-refractivity contribution in [3.8, 4) is 17.2 Å². The van der Waals surface area contributed by atoms with Crippen LogP contribution in [0.1, 0.15) is 31.5 Å². The van der Waals surface area contributed by atoms with E-state index in [4.69, 9.17) is 9.26 Å². The number of hydrogen-bond donors (Lipinski definition) is 2. The number of methoxy groups -OCH3 is 1. The van der Waals surface area contributed by atoms with E-state index in [2.05, 4.69) is 25.7 Å². The minimum absolute atomic E-state index is 0.00889. The number of carbonyl (C=O) groups is 1. The number of carbonyl (C=O) groups excluding carboxylic acids is 1. The predicted molar refractivity (Wildman–Crippen MR) is 108 cm³/mol. The molecule has 3 heterocycles. The summed E-state index contributed by atoms with van der Waals surface area (Å²) in [7, 11) is 1.64. The van der Waals surface area contributed by atoms with Crippen LogP contribution in [0.4, 0.5) is 0 Å². The highest BCUT2D eigenvalue weighted by Gasteiger charge is 2.25. The molecular formula is C21H29N5O3. The molecule has 0 bridgehead atoms. The van der Waals surface area contributed by atoms with Crippen molar-refractivity contribution < 1.29 is 14.1 Å². The highest BCUT2D eigenvalue weighted by molar-refractivity contribution is 5.81. The monoisotopic (exact) mass is 399 g/mol. The number of ether oxygens (including phenoxy) is 1. The van der Waals surface area contributed by atoms with E-state index >= 15 is 0 Å². The zero-order valence-corrected chi connectivity index (χ0v) is 16.9. The van der Waals surface area contributed by atoms with E-state index in [9.17, 15) is 4.79 Å². The Morgan fingerprint density at radius 2 is 2.17 bits per heavy atom. The zero-order chi connectivity index (χ0) is 20.1. The summed E-state index contributed by atoms with van der Waals surface area (Å²) in [6, 6.07) is 7.57. The molecule has 2 saturated heterocycles. The van der Waals surface area contributed by atoms with Crippen molar-refractivity contribution in [2.24, 2.45) is 5.92 Å². The van der Waals surface area contributed by atoms with Crippen molar-refractivity contribution in [2.45, 2.75) is 38.3 Å². The number of nitrogens with one attached hydrogen (secondary N) is 2. The SMILES string of the molecule is COc1ccc(-c2nc(CN3CCCC(CNC(=O)C4CCCN4)C3)no2)cc1. The lowest BCUT2D eigenvalue weighted by Gasteiger charge is -2.32. The van der Waals surface area contributed by atoms with Gasteiger partial charge in [-0.15, -0.1) is 0 Å². The molecule has 8 heteroatoms. The quantitative estimate of drug-likeness (QED) is 0.734. The topological polar surface area (TPSA) is 92.5 Å². The Balaban J connectivity index is 1.28. The molecule has 0 radical (unpaired) electrons. The molecule has 8 nitrogen and oxygen atoms in total. The normalized spacial score (nSPS) is 22.5. The van der Waals surface area contributed by atoms with Crippen LogP contribution in [0.25, 0.3) is 11.5 Å². The third kappa shape index (κ3) is 5.13. The van der Waals surface area contributed by atoms with Crippen LogP contribution in [0.5, 0.6) is 5.75 Å². The molecule has 2 fully saturated rings. The number of likely N-dealkylation sites (tertiary alicyclic amines) is 1. The first-order valence-corrected chi connectivity index (χ1v) is 10.4. The van der Waals surface area contributed by atoms with Gasteiger partial charge in [-0.05, 0) is 69.0 Å². The predicted octanol–water partition coefficient (Wildman–Crippen LogP) is 1.83. The number of amides is 1. The fourth-order valence-corrected chi connectivity index (χ4v) is 4.11. The molecule has 2 unspecified atom stereocenters. The molecule has 1 aromatic heterocycles. The minimum Gasteiger partial charge on any atom is -0.497 e. The van der Waals surface area contributed by atoms with E-state index in [0.29, 0.717) is 24.2 Å². The summed E-state index contributed by atoms with van der Waals surface area (Å²) in [4.78, 5) is 19.1. The van der Waals surface area contributed by atoms with Crippen LogP contribution < -0.4 is 15.4 Å². The fraction of sp³-hybridized carbons (Fsp3) is 0.571. The summed E-state index contributed by atoms with van der Waals surface area (Å²) in [5.41, 5.74) is 0.879. The van der Waals surface area contributed by atoms with E-state index in [-0.39, 0.29) is 11.9 Å². The van der Waals surface area contributed by atoms with Crippen LogP contribution in [-0.2, 0) is 11.3 Å². The Labute approximate surface area is 171 Å². The molecule has 0 saturated carbocycles. The number of hydrogen-bond acceptors (Lipinski definition) is 7. The molecule has 29 heavy (non-hydrogen) atoms. The van der Waals surface area contributed by atoms with Gasteiger partial charge < -0.3 is 19.9 Å². The van der Waals surface area contributed by atoms with Crippen molar-refractivity contribution in [1.82, 2.24) is 25.7 Å². The van der Waals surface area contributed by atoms with Crippen molar-refractivity contribution in [1.29, 1.82) is 0 Å². The van der Waals surface area contributed by atoms with Gasteiger partial charge in [0.2, 0.25) is 5.91 Å². The third-order valence-electron chi connectivity index (χ3n) is 5.71. The summed E-state index contributed by atoms with van der Waals surface area (Å²) in [5.74, 6) is 2.61. The summed E-state index contributed by atoms with van der Waals surface area (Å²) in [6.07, 6.45) is 4.28.